The summed E-state index contributed by atoms with van der Waals surface area (Å²) in [5.41, 5.74) is 0.685. The first-order valence-corrected chi connectivity index (χ1v) is 10.6. The SMILES string of the molecule is CSc1ncccc1C(=O)N1CCC[C@@H](CCC(=O)N2CCOCC2)C1. The van der Waals surface area contributed by atoms with Crippen LogP contribution in [0.3, 0.4) is 0 Å². The van der Waals surface area contributed by atoms with E-state index in [1.54, 1.807) is 6.20 Å². The van der Waals surface area contributed by atoms with E-state index >= 15 is 0 Å². The van der Waals surface area contributed by atoms with Crippen LogP contribution in [0.15, 0.2) is 23.4 Å². The number of hydrogen-bond donors (Lipinski definition) is 0. The van der Waals surface area contributed by atoms with E-state index < -0.39 is 0 Å². The molecule has 2 saturated heterocycles. The van der Waals surface area contributed by atoms with E-state index in [1.165, 1.54) is 11.8 Å². The first kappa shape index (κ1) is 19.2. The minimum absolute atomic E-state index is 0.0617. The average Bonchev–Trinajstić information content (AvgIpc) is 2.72. The van der Waals surface area contributed by atoms with Crippen LogP contribution >= 0.6 is 11.8 Å². The lowest BCUT2D eigenvalue weighted by Crippen LogP contribution is -2.42. The maximum atomic E-state index is 12.9. The first-order valence-electron chi connectivity index (χ1n) is 9.33. The van der Waals surface area contributed by atoms with Crippen LogP contribution < -0.4 is 0 Å². The minimum Gasteiger partial charge on any atom is -0.378 e. The molecule has 6 nitrogen and oxygen atoms in total. The molecule has 0 unspecified atom stereocenters. The fourth-order valence-corrected chi connectivity index (χ4v) is 4.21. The van der Waals surface area contributed by atoms with Crippen LogP contribution in [0.4, 0.5) is 0 Å². The zero-order chi connectivity index (χ0) is 18.4. The van der Waals surface area contributed by atoms with Crippen molar-refractivity contribution in [2.45, 2.75) is 30.7 Å². The Morgan fingerprint density at radius 2 is 2.08 bits per heavy atom. The Morgan fingerprint density at radius 3 is 2.85 bits per heavy atom. The molecule has 26 heavy (non-hydrogen) atoms. The van der Waals surface area contributed by atoms with Gasteiger partial charge in [0.15, 0.2) is 0 Å². The summed E-state index contributed by atoms with van der Waals surface area (Å²) in [5.74, 6) is 0.674. The van der Waals surface area contributed by atoms with Crippen molar-refractivity contribution >= 4 is 23.6 Å². The second kappa shape index (κ2) is 9.37. The molecule has 2 aliphatic heterocycles. The molecule has 1 aromatic heterocycles. The molecular weight excluding hydrogens is 350 g/mol. The fraction of sp³-hybridized carbons (Fsp3) is 0.632. The van der Waals surface area contributed by atoms with Crippen molar-refractivity contribution in [1.82, 2.24) is 14.8 Å². The summed E-state index contributed by atoms with van der Waals surface area (Å²) in [7, 11) is 0. The largest absolute Gasteiger partial charge is 0.378 e. The summed E-state index contributed by atoms with van der Waals surface area (Å²) in [4.78, 5) is 33.4. The molecule has 0 aromatic carbocycles. The van der Waals surface area contributed by atoms with Gasteiger partial charge in [0, 0.05) is 38.8 Å². The van der Waals surface area contributed by atoms with Crippen LogP contribution in [0.1, 0.15) is 36.0 Å². The Labute approximate surface area is 159 Å². The van der Waals surface area contributed by atoms with Crippen molar-refractivity contribution in [3.63, 3.8) is 0 Å². The lowest BCUT2D eigenvalue weighted by atomic mass is 9.92. The topological polar surface area (TPSA) is 62.7 Å². The smallest absolute Gasteiger partial charge is 0.256 e. The van der Waals surface area contributed by atoms with Gasteiger partial charge in [0.2, 0.25) is 5.91 Å². The molecule has 3 rings (SSSR count). The number of aromatic nitrogens is 1. The highest BCUT2D eigenvalue weighted by atomic mass is 32.2. The number of ether oxygens (including phenoxy) is 1. The van der Waals surface area contributed by atoms with Crippen molar-refractivity contribution in [3.05, 3.63) is 23.9 Å². The number of hydrogen-bond acceptors (Lipinski definition) is 5. The lowest BCUT2D eigenvalue weighted by molar-refractivity contribution is -0.135. The van der Waals surface area contributed by atoms with Gasteiger partial charge in [-0.1, -0.05) is 0 Å². The molecule has 1 aromatic rings. The van der Waals surface area contributed by atoms with Crippen molar-refractivity contribution in [1.29, 1.82) is 0 Å². The van der Waals surface area contributed by atoms with Gasteiger partial charge >= 0.3 is 0 Å². The van der Waals surface area contributed by atoms with Crippen LogP contribution in [0.5, 0.6) is 0 Å². The normalized spacial score (nSPS) is 20.9. The van der Waals surface area contributed by atoms with E-state index in [-0.39, 0.29) is 11.8 Å². The number of amides is 2. The number of pyridine rings is 1. The first-order chi connectivity index (χ1) is 12.7. The van der Waals surface area contributed by atoms with Gasteiger partial charge in [0.1, 0.15) is 5.03 Å². The zero-order valence-corrected chi connectivity index (χ0v) is 16.2. The van der Waals surface area contributed by atoms with Crippen LogP contribution in [0.25, 0.3) is 0 Å². The van der Waals surface area contributed by atoms with E-state index in [9.17, 15) is 9.59 Å². The molecule has 0 bridgehead atoms. The van der Waals surface area contributed by atoms with Crippen LogP contribution in [0.2, 0.25) is 0 Å². The Morgan fingerprint density at radius 1 is 1.27 bits per heavy atom. The molecule has 0 N–H and O–H groups in total. The molecule has 7 heteroatoms. The Kier molecular flexibility index (Phi) is 6.91. The van der Waals surface area contributed by atoms with Crippen molar-refractivity contribution in [3.8, 4) is 0 Å². The zero-order valence-electron chi connectivity index (χ0n) is 15.4. The van der Waals surface area contributed by atoms with E-state index in [0.717, 1.165) is 37.4 Å². The highest BCUT2D eigenvalue weighted by Crippen LogP contribution is 2.25. The third-order valence-electron chi connectivity index (χ3n) is 5.13. The number of morpholine rings is 1. The fourth-order valence-electron chi connectivity index (χ4n) is 3.67. The highest BCUT2D eigenvalue weighted by molar-refractivity contribution is 7.98. The van der Waals surface area contributed by atoms with Crippen LogP contribution in [0, 0.1) is 5.92 Å². The summed E-state index contributed by atoms with van der Waals surface area (Å²) >= 11 is 1.50. The number of carbonyl (C=O) groups excluding carboxylic acids is 2. The van der Waals surface area contributed by atoms with Gasteiger partial charge in [-0.25, -0.2) is 4.98 Å². The Bertz CT molecular complexity index is 634. The van der Waals surface area contributed by atoms with E-state index in [2.05, 4.69) is 4.98 Å². The Hall–Kier alpha value is -1.60. The third-order valence-corrected chi connectivity index (χ3v) is 5.84. The maximum Gasteiger partial charge on any atom is 0.256 e. The monoisotopic (exact) mass is 377 g/mol. The molecule has 2 amide bonds. The van der Waals surface area contributed by atoms with Gasteiger partial charge in [-0.15, -0.1) is 11.8 Å². The third kappa shape index (κ3) is 4.76. The van der Waals surface area contributed by atoms with E-state index in [1.807, 2.05) is 28.2 Å². The molecular formula is C19H27N3O3S. The van der Waals surface area contributed by atoms with Gasteiger partial charge in [-0.05, 0) is 43.6 Å². The van der Waals surface area contributed by atoms with Crippen molar-refractivity contribution in [2.24, 2.45) is 5.92 Å². The second-order valence-electron chi connectivity index (χ2n) is 6.85. The molecule has 0 aliphatic carbocycles. The van der Waals surface area contributed by atoms with Gasteiger partial charge in [0.05, 0.1) is 18.8 Å². The maximum absolute atomic E-state index is 12.9. The number of piperidine rings is 1. The molecule has 3 heterocycles. The van der Waals surface area contributed by atoms with Crippen LogP contribution in [-0.2, 0) is 9.53 Å². The molecule has 0 spiro atoms. The number of nitrogens with zero attached hydrogens (tertiary/aromatic N) is 3. The minimum atomic E-state index is 0.0617. The predicted molar refractivity (Wildman–Crippen MR) is 101 cm³/mol. The van der Waals surface area contributed by atoms with Gasteiger partial charge in [0.25, 0.3) is 5.91 Å². The highest BCUT2D eigenvalue weighted by Gasteiger charge is 2.27. The van der Waals surface area contributed by atoms with Gasteiger partial charge in [-0.3, -0.25) is 9.59 Å². The second-order valence-corrected chi connectivity index (χ2v) is 7.65. The standard InChI is InChI=1S/C19H27N3O3S/c1-26-18-16(5-2-8-20-18)19(24)22-9-3-4-15(14-22)6-7-17(23)21-10-12-25-13-11-21/h2,5,8,15H,3-4,6-7,9-14H2,1H3/t15-/m0/s1. The molecule has 2 fully saturated rings. The lowest BCUT2D eigenvalue weighted by Gasteiger charge is -2.33. The summed E-state index contributed by atoms with van der Waals surface area (Å²) in [6, 6.07) is 3.67. The molecule has 2 aliphatic rings. The Balaban J connectivity index is 1.53. The summed E-state index contributed by atoms with van der Waals surface area (Å²) in [5, 5.41) is 0.780. The van der Waals surface area contributed by atoms with Gasteiger partial charge in [-0.2, -0.15) is 0 Å². The summed E-state index contributed by atoms with van der Waals surface area (Å²) in [6.45, 7) is 4.20. The van der Waals surface area contributed by atoms with Crippen molar-refractivity contribution in [2.75, 3.05) is 45.6 Å². The van der Waals surface area contributed by atoms with E-state index in [0.29, 0.717) is 44.2 Å². The predicted octanol–water partition coefficient (Wildman–Crippen LogP) is 2.29. The van der Waals surface area contributed by atoms with Crippen LogP contribution in [-0.4, -0.2) is 72.2 Å². The summed E-state index contributed by atoms with van der Waals surface area (Å²) < 4.78 is 5.30. The number of likely N-dealkylation sites (tertiary alicyclic amines) is 1. The quantitative estimate of drug-likeness (QED) is 0.737. The average molecular weight is 378 g/mol. The van der Waals surface area contributed by atoms with Crippen molar-refractivity contribution < 1.29 is 14.3 Å². The van der Waals surface area contributed by atoms with E-state index in [4.69, 9.17) is 4.74 Å². The number of rotatable bonds is 5. The number of thioether (sulfide) groups is 1. The van der Waals surface area contributed by atoms with Gasteiger partial charge < -0.3 is 14.5 Å². The number of carbonyl (C=O) groups is 2. The molecule has 1 atom stereocenters. The molecule has 0 radical (unpaired) electrons. The molecule has 142 valence electrons. The molecule has 0 saturated carbocycles. The summed E-state index contributed by atoms with van der Waals surface area (Å²) in [6.07, 6.45) is 7.16.